The molecule has 18 heavy (non-hydrogen) atoms. The van der Waals surface area contributed by atoms with E-state index < -0.39 is 5.97 Å². The molecule has 96 valence electrons. The minimum Gasteiger partial charge on any atom is -0.477 e. The molecular weight excluding hydrogens is 248 g/mol. The van der Waals surface area contributed by atoms with Crippen LogP contribution in [0.4, 0.5) is 0 Å². The molecule has 1 N–H and O–H groups in total. The molecule has 0 bridgehead atoms. The maximum atomic E-state index is 11.1. The van der Waals surface area contributed by atoms with Gasteiger partial charge in [-0.3, -0.25) is 4.68 Å². The van der Waals surface area contributed by atoms with E-state index in [0.717, 1.165) is 22.5 Å². The number of aromatic carboxylic acids is 1. The molecule has 0 spiro atoms. The summed E-state index contributed by atoms with van der Waals surface area (Å²) in [5.41, 5.74) is 1.12. The maximum Gasteiger partial charge on any atom is 0.345 e. The lowest BCUT2D eigenvalue weighted by molar-refractivity contribution is 0.0702. The Balaban J connectivity index is 2.15. The Kier molecular flexibility index (Phi) is 2.86. The van der Waals surface area contributed by atoms with Crippen molar-refractivity contribution in [3.05, 3.63) is 16.6 Å². The first-order chi connectivity index (χ1) is 8.70. The molecule has 0 aromatic carbocycles. The molecule has 0 atom stereocenters. The summed E-state index contributed by atoms with van der Waals surface area (Å²) in [7, 11) is 0. The van der Waals surface area contributed by atoms with E-state index in [1.165, 1.54) is 37.0 Å². The highest BCUT2D eigenvalue weighted by Crippen LogP contribution is 2.39. The predicted octanol–water partition coefficient (Wildman–Crippen LogP) is 3.47. The number of carboxylic acids is 1. The number of fused-ring (bicyclic) bond motifs is 1. The monoisotopic (exact) mass is 264 g/mol. The van der Waals surface area contributed by atoms with Gasteiger partial charge in [0.2, 0.25) is 0 Å². The van der Waals surface area contributed by atoms with E-state index >= 15 is 0 Å². The van der Waals surface area contributed by atoms with Gasteiger partial charge in [0.05, 0.1) is 5.69 Å². The number of carbonyl (C=O) groups is 1. The van der Waals surface area contributed by atoms with Crippen molar-refractivity contribution in [1.82, 2.24) is 9.78 Å². The quantitative estimate of drug-likeness (QED) is 0.923. The minimum absolute atomic E-state index is 0.420. The lowest BCUT2D eigenvalue weighted by Gasteiger charge is -2.04. The van der Waals surface area contributed by atoms with Gasteiger partial charge in [0.25, 0.3) is 0 Å². The van der Waals surface area contributed by atoms with Crippen LogP contribution < -0.4 is 0 Å². The Morgan fingerprint density at radius 1 is 1.56 bits per heavy atom. The molecule has 0 aliphatic heterocycles. The van der Waals surface area contributed by atoms with E-state index in [1.54, 1.807) is 6.07 Å². The van der Waals surface area contributed by atoms with Crippen molar-refractivity contribution >= 4 is 27.5 Å². The average molecular weight is 264 g/mol. The van der Waals surface area contributed by atoms with E-state index in [0.29, 0.717) is 10.8 Å². The number of aromatic nitrogens is 2. The summed E-state index contributed by atoms with van der Waals surface area (Å²) < 4.78 is 1.94. The molecule has 2 aromatic rings. The van der Waals surface area contributed by atoms with E-state index in [2.05, 4.69) is 5.10 Å². The first kappa shape index (κ1) is 11.7. The number of hydrogen-bond acceptors (Lipinski definition) is 3. The van der Waals surface area contributed by atoms with Gasteiger partial charge in [-0.25, -0.2) is 4.79 Å². The third kappa shape index (κ3) is 1.73. The van der Waals surface area contributed by atoms with E-state index in [-0.39, 0.29) is 0 Å². The second-order valence-electron chi connectivity index (χ2n) is 4.82. The van der Waals surface area contributed by atoms with Crippen molar-refractivity contribution in [2.24, 2.45) is 0 Å². The van der Waals surface area contributed by atoms with Crippen molar-refractivity contribution in [1.29, 1.82) is 0 Å². The normalized spacial score (nSPS) is 16.7. The molecule has 1 aliphatic rings. The summed E-state index contributed by atoms with van der Waals surface area (Å²) in [6.07, 6.45) is 4.91. The van der Waals surface area contributed by atoms with Crippen molar-refractivity contribution in [2.75, 3.05) is 0 Å². The highest BCUT2D eigenvalue weighted by molar-refractivity contribution is 7.20. The standard InChI is InChI=1S/C13H16N2O2S/c1-2-15-12-9(7-10(18-12)13(16)17)11(14-15)8-5-3-4-6-8/h7-8H,2-6H2,1H3,(H,16,17). The van der Waals surface area contributed by atoms with Crippen LogP contribution in [0.15, 0.2) is 6.07 Å². The van der Waals surface area contributed by atoms with Crippen LogP contribution in [0.1, 0.15) is 53.9 Å². The summed E-state index contributed by atoms with van der Waals surface area (Å²) in [6, 6.07) is 1.80. The highest BCUT2D eigenvalue weighted by Gasteiger charge is 2.25. The molecule has 3 rings (SSSR count). The Morgan fingerprint density at radius 2 is 2.28 bits per heavy atom. The van der Waals surface area contributed by atoms with Crippen LogP contribution in [-0.2, 0) is 6.54 Å². The van der Waals surface area contributed by atoms with Crippen LogP contribution in [0.2, 0.25) is 0 Å². The van der Waals surface area contributed by atoms with Gasteiger partial charge in [-0.05, 0) is 25.8 Å². The first-order valence-electron chi connectivity index (χ1n) is 6.44. The number of hydrogen-bond donors (Lipinski definition) is 1. The molecular formula is C13H16N2O2S. The second-order valence-corrected chi connectivity index (χ2v) is 5.85. The van der Waals surface area contributed by atoms with Crippen LogP contribution in [0.3, 0.4) is 0 Å². The average Bonchev–Trinajstić information content (AvgIpc) is 3.04. The second kappa shape index (κ2) is 4.39. The lowest BCUT2D eigenvalue weighted by atomic mass is 10.0. The molecule has 4 nitrogen and oxygen atoms in total. The number of rotatable bonds is 3. The molecule has 0 saturated heterocycles. The fourth-order valence-corrected chi connectivity index (χ4v) is 3.83. The van der Waals surface area contributed by atoms with Crippen LogP contribution in [0.5, 0.6) is 0 Å². The lowest BCUT2D eigenvalue weighted by Crippen LogP contribution is -2.00. The van der Waals surface area contributed by atoms with Gasteiger partial charge in [0.1, 0.15) is 9.71 Å². The fraction of sp³-hybridized carbons (Fsp3) is 0.538. The first-order valence-corrected chi connectivity index (χ1v) is 7.26. The Hall–Kier alpha value is -1.36. The summed E-state index contributed by atoms with van der Waals surface area (Å²) in [5.74, 6) is -0.312. The molecule has 5 heteroatoms. The molecule has 0 unspecified atom stereocenters. The van der Waals surface area contributed by atoms with Crippen LogP contribution in [0, 0.1) is 0 Å². The summed E-state index contributed by atoms with van der Waals surface area (Å²) in [5, 5.41) is 14.9. The third-order valence-corrected chi connectivity index (χ3v) is 4.84. The number of nitrogens with zero attached hydrogens (tertiary/aromatic N) is 2. The topological polar surface area (TPSA) is 55.1 Å². The Morgan fingerprint density at radius 3 is 2.89 bits per heavy atom. The highest BCUT2D eigenvalue weighted by atomic mass is 32.1. The summed E-state index contributed by atoms with van der Waals surface area (Å²) >= 11 is 1.34. The molecule has 1 aliphatic carbocycles. The van der Waals surface area contributed by atoms with Gasteiger partial charge >= 0.3 is 5.97 Å². The van der Waals surface area contributed by atoms with E-state index in [9.17, 15) is 4.79 Å². The van der Waals surface area contributed by atoms with E-state index in [1.807, 2.05) is 11.6 Å². The zero-order valence-electron chi connectivity index (χ0n) is 10.3. The van der Waals surface area contributed by atoms with Gasteiger partial charge in [0, 0.05) is 17.8 Å². The van der Waals surface area contributed by atoms with Gasteiger partial charge < -0.3 is 5.11 Å². The van der Waals surface area contributed by atoms with Crippen molar-refractivity contribution in [2.45, 2.75) is 45.1 Å². The minimum atomic E-state index is -0.837. The molecule has 0 amide bonds. The Bertz CT molecular complexity index is 593. The Labute approximate surface area is 109 Å². The van der Waals surface area contributed by atoms with E-state index in [4.69, 9.17) is 5.11 Å². The number of carboxylic acid groups (broad SMARTS) is 1. The van der Waals surface area contributed by atoms with Crippen molar-refractivity contribution in [3.8, 4) is 0 Å². The van der Waals surface area contributed by atoms with Crippen molar-refractivity contribution < 1.29 is 9.90 Å². The molecule has 2 heterocycles. The summed E-state index contributed by atoms with van der Waals surface area (Å²) in [6.45, 7) is 2.84. The van der Waals surface area contributed by atoms with Crippen LogP contribution in [0.25, 0.3) is 10.2 Å². The molecule has 1 saturated carbocycles. The predicted molar refractivity (Wildman–Crippen MR) is 71.5 cm³/mol. The molecule has 2 aromatic heterocycles. The third-order valence-electron chi connectivity index (χ3n) is 3.70. The van der Waals surface area contributed by atoms with Crippen molar-refractivity contribution in [3.63, 3.8) is 0 Å². The zero-order valence-corrected chi connectivity index (χ0v) is 11.2. The largest absolute Gasteiger partial charge is 0.477 e. The van der Waals surface area contributed by atoms with Gasteiger partial charge in [0.15, 0.2) is 0 Å². The number of aryl methyl sites for hydroxylation is 1. The zero-order chi connectivity index (χ0) is 12.7. The maximum absolute atomic E-state index is 11.1. The van der Waals surface area contributed by atoms with Gasteiger partial charge in [-0.2, -0.15) is 5.10 Å². The summed E-state index contributed by atoms with van der Waals surface area (Å²) in [4.78, 5) is 12.5. The molecule has 1 fully saturated rings. The van der Waals surface area contributed by atoms with Crippen LogP contribution >= 0.6 is 11.3 Å². The van der Waals surface area contributed by atoms with Crippen LogP contribution in [-0.4, -0.2) is 20.9 Å². The SMILES string of the molecule is CCn1nc(C2CCCC2)c2cc(C(=O)O)sc21. The number of thiophene rings is 1. The fourth-order valence-electron chi connectivity index (χ4n) is 2.81. The van der Waals surface area contributed by atoms with Gasteiger partial charge in [-0.1, -0.05) is 12.8 Å². The smallest absolute Gasteiger partial charge is 0.345 e. The van der Waals surface area contributed by atoms with Gasteiger partial charge in [-0.15, -0.1) is 11.3 Å². The molecule has 0 radical (unpaired) electrons.